The lowest BCUT2D eigenvalue weighted by atomic mass is 9.90. The smallest absolute Gasteiger partial charge is 0.148 e. The molecule has 0 spiro atoms. The molecule has 1 aromatic carbocycles. The molecule has 4 heteroatoms. The Kier molecular flexibility index (Phi) is 3.83. The van der Waals surface area contributed by atoms with Crippen molar-refractivity contribution in [2.24, 2.45) is 0 Å². The Bertz CT molecular complexity index is 454. The number of hydrogen-bond donors (Lipinski definition) is 0. The highest BCUT2D eigenvalue weighted by molar-refractivity contribution is 6.31. The van der Waals surface area contributed by atoms with Crippen LogP contribution in [0.3, 0.4) is 0 Å². The molecule has 0 radical (unpaired) electrons. The van der Waals surface area contributed by atoms with Crippen LogP contribution in [0.15, 0.2) is 6.07 Å². The topological polar surface area (TPSA) is 18.5 Å². The molecule has 1 fully saturated rings. The van der Waals surface area contributed by atoms with Crippen molar-refractivity contribution < 1.29 is 13.9 Å². The van der Waals surface area contributed by atoms with E-state index in [0.29, 0.717) is 17.9 Å². The summed E-state index contributed by atoms with van der Waals surface area (Å²) in [5, 5.41) is 0.127. The molecule has 1 aliphatic rings. The molecule has 0 bridgehead atoms. The molecule has 1 atom stereocenters. The van der Waals surface area contributed by atoms with E-state index < -0.39 is 11.4 Å². The summed E-state index contributed by atoms with van der Waals surface area (Å²) in [6.07, 6.45) is 1.89. The van der Waals surface area contributed by atoms with Gasteiger partial charge in [0.2, 0.25) is 0 Å². The van der Waals surface area contributed by atoms with Crippen LogP contribution in [0.2, 0.25) is 5.02 Å². The van der Waals surface area contributed by atoms with Gasteiger partial charge in [-0.1, -0.05) is 11.6 Å². The van der Waals surface area contributed by atoms with Gasteiger partial charge in [0, 0.05) is 17.7 Å². The van der Waals surface area contributed by atoms with E-state index in [9.17, 15) is 4.39 Å². The van der Waals surface area contributed by atoms with Crippen molar-refractivity contribution in [1.29, 1.82) is 0 Å². The second-order valence-corrected chi connectivity index (χ2v) is 5.20. The van der Waals surface area contributed by atoms with Gasteiger partial charge in [-0.3, -0.25) is 0 Å². The molecule has 1 aromatic rings. The lowest BCUT2D eigenvalue weighted by molar-refractivity contribution is 0.0145. The van der Waals surface area contributed by atoms with E-state index in [-0.39, 0.29) is 5.02 Å². The van der Waals surface area contributed by atoms with Crippen molar-refractivity contribution in [1.82, 2.24) is 0 Å². The molecular formula is C14H18ClFO2. The maximum absolute atomic E-state index is 13.9. The minimum absolute atomic E-state index is 0.127. The lowest BCUT2D eigenvalue weighted by Gasteiger charge is -2.27. The van der Waals surface area contributed by atoms with Gasteiger partial charge in [0.05, 0.1) is 17.2 Å². The molecule has 100 valence electrons. The highest BCUT2D eigenvalue weighted by Crippen LogP contribution is 2.44. The maximum atomic E-state index is 13.9. The van der Waals surface area contributed by atoms with Gasteiger partial charge < -0.3 is 9.47 Å². The number of rotatable bonds is 3. The van der Waals surface area contributed by atoms with E-state index >= 15 is 0 Å². The van der Waals surface area contributed by atoms with Crippen LogP contribution in [-0.4, -0.2) is 13.2 Å². The fourth-order valence-corrected chi connectivity index (χ4v) is 2.70. The van der Waals surface area contributed by atoms with E-state index in [0.717, 1.165) is 25.0 Å². The van der Waals surface area contributed by atoms with Crippen molar-refractivity contribution in [3.8, 4) is 5.75 Å². The SMILES string of the molecule is CCOc1c(C2(C)CCCO2)cc(Cl)c(F)c1C. The summed E-state index contributed by atoms with van der Waals surface area (Å²) < 4.78 is 25.3. The van der Waals surface area contributed by atoms with Gasteiger partial charge in [-0.2, -0.15) is 0 Å². The van der Waals surface area contributed by atoms with Gasteiger partial charge in [-0.25, -0.2) is 4.39 Å². The highest BCUT2D eigenvalue weighted by Gasteiger charge is 2.36. The predicted octanol–water partition coefficient (Wildman–Crippen LogP) is 4.21. The predicted molar refractivity (Wildman–Crippen MR) is 69.9 cm³/mol. The fourth-order valence-electron chi connectivity index (χ4n) is 2.45. The molecular weight excluding hydrogens is 255 g/mol. The van der Waals surface area contributed by atoms with Gasteiger partial charge in [-0.05, 0) is 39.7 Å². The van der Waals surface area contributed by atoms with Crippen LogP contribution in [0, 0.1) is 12.7 Å². The molecule has 1 aliphatic heterocycles. The molecule has 1 saturated heterocycles. The Morgan fingerprint density at radius 2 is 2.28 bits per heavy atom. The third kappa shape index (κ3) is 2.21. The zero-order chi connectivity index (χ0) is 13.3. The molecule has 0 amide bonds. The summed E-state index contributed by atoms with van der Waals surface area (Å²) >= 11 is 5.95. The van der Waals surface area contributed by atoms with Crippen molar-refractivity contribution in [2.45, 2.75) is 39.2 Å². The first-order valence-electron chi connectivity index (χ1n) is 6.25. The summed E-state index contributed by atoms with van der Waals surface area (Å²) in [4.78, 5) is 0. The quantitative estimate of drug-likeness (QED) is 0.820. The first kappa shape index (κ1) is 13.6. The van der Waals surface area contributed by atoms with Crippen LogP contribution < -0.4 is 4.74 Å². The fraction of sp³-hybridized carbons (Fsp3) is 0.571. The van der Waals surface area contributed by atoms with E-state index in [4.69, 9.17) is 21.1 Å². The average Bonchev–Trinajstić information content (AvgIpc) is 2.78. The highest BCUT2D eigenvalue weighted by atomic mass is 35.5. The number of halogens is 2. The third-order valence-electron chi connectivity index (χ3n) is 3.47. The van der Waals surface area contributed by atoms with Crippen LogP contribution in [0.1, 0.15) is 37.8 Å². The van der Waals surface area contributed by atoms with Crippen LogP contribution in [0.4, 0.5) is 4.39 Å². The van der Waals surface area contributed by atoms with Crippen molar-refractivity contribution >= 4 is 11.6 Å². The standard InChI is InChI=1S/C14H18ClFO2/c1-4-17-13-9(2)12(16)11(15)8-10(13)14(3)6-5-7-18-14/h8H,4-7H2,1-3H3. The molecule has 0 aromatic heterocycles. The molecule has 18 heavy (non-hydrogen) atoms. The Labute approximate surface area is 112 Å². The molecule has 1 unspecified atom stereocenters. The summed E-state index contributed by atoms with van der Waals surface area (Å²) in [5.74, 6) is 0.161. The largest absolute Gasteiger partial charge is 0.493 e. The number of benzene rings is 1. The molecule has 2 rings (SSSR count). The summed E-state index contributed by atoms with van der Waals surface area (Å²) in [5.41, 5.74) is 0.883. The van der Waals surface area contributed by atoms with Crippen molar-refractivity contribution in [2.75, 3.05) is 13.2 Å². The Hall–Kier alpha value is -0.800. The van der Waals surface area contributed by atoms with Gasteiger partial charge in [0.25, 0.3) is 0 Å². The first-order chi connectivity index (χ1) is 8.49. The normalized spacial score (nSPS) is 23.4. The van der Waals surface area contributed by atoms with Gasteiger partial charge in [0.15, 0.2) is 0 Å². The maximum Gasteiger partial charge on any atom is 0.148 e. The number of ether oxygens (including phenoxy) is 2. The lowest BCUT2D eigenvalue weighted by Crippen LogP contribution is -2.22. The third-order valence-corrected chi connectivity index (χ3v) is 3.75. The van der Waals surface area contributed by atoms with Crippen LogP contribution in [0.5, 0.6) is 5.75 Å². The second-order valence-electron chi connectivity index (χ2n) is 4.79. The van der Waals surface area contributed by atoms with Gasteiger partial charge in [-0.15, -0.1) is 0 Å². The van der Waals surface area contributed by atoms with E-state index in [2.05, 4.69) is 0 Å². The van der Waals surface area contributed by atoms with Crippen LogP contribution in [-0.2, 0) is 10.3 Å². The minimum atomic E-state index is -0.424. The van der Waals surface area contributed by atoms with E-state index in [1.165, 1.54) is 0 Å². The summed E-state index contributed by atoms with van der Waals surface area (Å²) in [7, 11) is 0. The number of hydrogen-bond acceptors (Lipinski definition) is 2. The van der Waals surface area contributed by atoms with Gasteiger partial charge in [0.1, 0.15) is 11.6 Å². The zero-order valence-electron chi connectivity index (χ0n) is 11.0. The van der Waals surface area contributed by atoms with Crippen LogP contribution in [0.25, 0.3) is 0 Å². The Morgan fingerprint density at radius 1 is 1.56 bits per heavy atom. The average molecular weight is 273 g/mol. The first-order valence-corrected chi connectivity index (χ1v) is 6.63. The molecule has 1 heterocycles. The molecule has 0 aliphatic carbocycles. The van der Waals surface area contributed by atoms with Crippen molar-refractivity contribution in [3.05, 3.63) is 28.0 Å². The van der Waals surface area contributed by atoms with Crippen LogP contribution >= 0.6 is 11.6 Å². The van der Waals surface area contributed by atoms with Crippen molar-refractivity contribution in [3.63, 3.8) is 0 Å². The van der Waals surface area contributed by atoms with Gasteiger partial charge >= 0.3 is 0 Å². The zero-order valence-corrected chi connectivity index (χ0v) is 11.7. The molecule has 2 nitrogen and oxygen atoms in total. The van der Waals surface area contributed by atoms with E-state index in [1.54, 1.807) is 13.0 Å². The second kappa shape index (κ2) is 5.06. The monoisotopic (exact) mass is 272 g/mol. The Balaban J connectivity index is 2.57. The summed E-state index contributed by atoms with van der Waals surface area (Å²) in [6.45, 7) is 6.79. The molecule has 0 N–H and O–H groups in total. The molecule has 0 saturated carbocycles. The minimum Gasteiger partial charge on any atom is -0.493 e. The van der Waals surface area contributed by atoms with E-state index in [1.807, 2.05) is 13.8 Å². The Morgan fingerprint density at radius 3 is 2.83 bits per heavy atom. The summed E-state index contributed by atoms with van der Waals surface area (Å²) in [6, 6.07) is 1.64.